The molecule has 108 valence electrons. The Bertz CT molecular complexity index is 334. The van der Waals surface area contributed by atoms with Crippen LogP contribution in [-0.2, 0) is 0 Å². The van der Waals surface area contributed by atoms with E-state index in [2.05, 4.69) is 22.5 Å². The minimum absolute atomic E-state index is 0.637. The maximum Gasteiger partial charge on any atom is 0.191 e. The van der Waals surface area contributed by atoms with Gasteiger partial charge in [0, 0.05) is 19.6 Å². The molecule has 0 spiro atoms. The zero-order chi connectivity index (χ0) is 13.3. The van der Waals surface area contributed by atoms with E-state index in [1.54, 1.807) is 0 Å². The molecule has 3 nitrogen and oxygen atoms in total. The van der Waals surface area contributed by atoms with Gasteiger partial charge in [-0.05, 0) is 68.6 Å². The van der Waals surface area contributed by atoms with Crippen molar-refractivity contribution >= 4 is 5.96 Å². The molecule has 0 saturated heterocycles. The Morgan fingerprint density at radius 1 is 1.11 bits per heavy atom. The van der Waals surface area contributed by atoms with Crippen LogP contribution in [0, 0.1) is 17.3 Å². The number of rotatable bonds is 4. The van der Waals surface area contributed by atoms with E-state index in [1.165, 1.54) is 51.4 Å². The highest BCUT2D eigenvalue weighted by atomic mass is 15.2. The van der Waals surface area contributed by atoms with Gasteiger partial charge in [0.25, 0.3) is 0 Å². The summed E-state index contributed by atoms with van der Waals surface area (Å²) in [6.45, 7) is 3.51. The van der Waals surface area contributed by atoms with Crippen LogP contribution in [0.2, 0.25) is 0 Å². The Kier molecular flexibility index (Phi) is 3.72. The summed E-state index contributed by atoms with van der Waals surface area (Å²) in [5.41, 5.74) is 0.651. The number of guanidine groups is 1. The van der Waals surface area contributed by atoms with Crippen LogP contribution >= 0.6 is 0 Å². The van der Waals surface area contributed by atoms with Gasteiger partial charge in [-0.1, -0.05) is 6.92 Å². The Balaban J connectivity index is 1.43. The van der Waals surface area contributed by atoms with Gasteiger partial charge in [0.05, 0.1) is 0 Å². The van der Waals surface area contributed by atoms with Crippen molar-refractivity contribution in [3.8, 4) is 0 Å². The molecule has 0 bridgehead atoms. The van der Waals surface area contributed by atoms with Crippen molar-refractivity contribution in [2.45, 2.75) is 64.3 Å². The molecule has 3 heteroatoms. The average molecular weight is 263 g/mol. The lowest BCUT2D eigenvalue weighted by molar-refractivity contribution is 0.328. The molecule has 0 atom stereocenters. The van der Waals surface area contributed by atoms with E-state index in [0.717, 1.165) is 24.3 Å². The fourth-order valence-electron chi connectivity index (χ4n) is 3.64. The van der Waals surface area contributed by atoms with Crippen molar-refractivity contribution in [2.75, 3.05) is 13.6 Å². The normalized spacial score (nSPS) is 33.9. The molecular formula is C16H29N3. The lowest BCUT2D eigenvalue weighted by Gasteiger charge is -2.29. The molecule has 3 fully saturated rings. The van der Waals surface area contributed by atoms with E-state index < -0.39 is 0 Å². The van der Waals surface area contributed by atoms with Crippen molar-refractivity contribution in [1.29, 1.82) is 0 Å². The second-order valence-corrected chi connectivity index (χ2v) is 7.16. The summed E-state index contributed by atoms with van der Waals surface area (Å²) in [5, 5.41) is 7.22. The molecule has 19 heavy (non-hydrogen) atoms. The highest BCUT2D eigenvalue weighted by molar-refractivity contribution is 5.80. The zero-order valence-corrected chi connectivity index (χ0v) is 12.5. The van der Waals surface area contributed by atoms with Crippen molar-refractivity contribution in [3.05, 3.63) is 0 Å². The Hall–Kier alpha value is -0.730. The van der Waals surface area contributed by atoms with E-state index in [0.29, 0.717) is 11.5 Å². The first-order valence-corrected chi connectivity index (χ1v) is 8.19. The number of aliphatic imine (C=N–C) groups is 1. The van der Waals surface area contributed by atoms with Gasteiger partial charge in [-0.3, -0.25) is 4.99 Å². The molecule has 0 radical (unpaired) electrons. The number of nitrogens with zero attached hydrogens (tertiary/aromatic N) is 1. The summed E-state index contributed by atoms with van der Waals surface area (Å²) in [7, 11) is 1.90. The van der Waals surface area contributed by atoms with Crippen LogP contribution in [0.5, 0.6) is 0 Å². The van der Waals surface area contributed by atoms with Gasteiger partial charge in [-0.2, -0.15) is 0 Å². The topological polar surface area (TPSA) is 36.4 Å². The summed E-state index contributed by atoms with van der Waals surface area (Å²) in [6.07, 6.45) is 11.1. The second-order valence-electron chi connectivity index (χ2n) is 7.16. The van der Waals surface area contributed by atoms with Gasteiger partial charge in [0.1, 0.15) is 0 Å². The lowest BCUT2D eigenvalue weighted by atomic mass is 9.87. The molecule has 0 heterocycles. The summed E-state index contributed by atoms with van der Waals surface area (Å²) in [5.74, 6) is 2.97. The molecule has 2 N–H and O–H groups in total. The standard InChI is InChI=1S/C16H29N3/c1-12-3-7-14(8-4-12)19-15(17-2)18-11-16(9-10-16)13-5-6-13/h12-14H,3-11H2,1-2H3,(H2,17,18,19). The molecule has 0 aromatic carbocycles. The molecule has 3 rings (SSSR count). The monoisotopic (exact) mass is 263 g/mol. The van der Waals surface area contributed by atoms with Crippen LogP contribution in [0.15, 0.2) is 4.99 Å². The van der Waals surface area contributed by atoms with Gasteiger partial charge in [0.2, 0.25) is 0 Å². The van der Waals surface area contributed by atoms with Crippen LogP contribution < -0.4 is 10.6 Å². The molecule has 0 amide bonds. The second kappa shape index (κ2) is 5.34. The van der Waals surface area contributed by atoms with Crippen LogP contribution in [0.25, 0.3) is 0 Å². The largest absolute Gasteiger partial charge is 0.356 e. The predicted molar refractivity (Wildman–Crippen MR) is 80.3 cm³/mol. The van der Waals surface area contributed by atoms with Crippen LogP contribution in [-0.4, -0.2) is 25.6 Å². The van der Waals surface area contributed by atoms with E-state index in [9.17, 15) is 0 Å². The lowest BCUT2D eigenvalue weighted by Crippen LogP contribution is -2.46. The van der Waals surface area contributed by atoms with Crippen molar-refractivity contribution < 1.29 is 0 Å². The molecule has 0 aliphatic heterocycles. The highest BCUT2D eigenvalue weighted by Crippen LogP contribution is 2.60. The van der Waals surface area contributed by atoms with Gasteiger partial charge in [0.15, 0.2) is 5.96 Å². The van der Waals surface area contributed by atoms with Crippen LogP contribution in [0.3, 0.4) is 0 Å². The highest BCUT2D eigenvalue weighted by Gasteiger charge is 2.53. The first-order chi connectivity index (χ1) is 9.22. The Morgan fingerprint density at radius 3 is 2.32 bits per heavy atom. The van der Waals surface area contributed by atoms with E-state index in [-0.39, 0.29) is 0 Å². The summed E-state index contributed by atoms with van der Waals surface area (Å²) >= 11 is 0. The third-order valence-electron chi connectivity index (χ3n) is 5.52. The van der Waals surface area contributed by atoms with E-state index in [4.69, 9.17) is 0 Å². The summed E-state index contributed by atoms with van der Waals surface area (Å²) in [6, 6.07) is 0.637. The SMILES string of the molecule is CN=C(NCC1(C2CC2)CC1)NC1CCC(C)CC1. The third-order valence-corrected chi connectivity index (χ3v) is 5.52. The average Bonchev–Trinajstić information content (AvgIpc) is 3.28. The molecular weight excluding hydrogens is 234 g/mol. The fraction of sp³-hybridized carbons (Fsp3) is 0.938. The van der Waals surface area contributed by atoms with Crippen LogP contribution in [0.1, 0.15) is 58.3 Å². The maximum atomic E-state index is 4.41. The van der Waals surface area contributed by atoms with Crippen molar-refractivity contribution in [2.24, 2.45) is 22.2 Å². The van der Waals surface area contributed by atoms with E-state index in [1.807, 2.05) is 7.05 Å². The molecule has 3 saturated carbocycles. The predicted octanol–water partition coefficient (Wildman–Crippen LogP) is 2.92. The number of hydrogen-bond donors (Lipinski definition) is 2. The first kappa shape index (κ1) is 13.3. The quantitative estimate of drug-likeness (QED) is 0.604. The van der Waals surface area contributed by atoms with E-state index >= 15 is 0 Å². The Morgan fingerprint density at radius 2 is 1.79 bits per heavy atom. The van der Waals surface area contributed by atoms with Crippen molar-refractivity contribution in [1.82, 2.24) is 10.6 Å². The molecule has 0 aromatic rings. The van der Waals surface area contributed by atoms with Gasteiger partial charge in [-0.15, -0.1) is 0 Å². The van der Waals surface area contributed by atoms with Crippen LogP contribution in [0.4, 0.5) is 0 Å². The minimum atomic E-state index is 0.637. The first-order valence-electron chi connectivity index (χ1n) is 8.19. The van der Waals surface area contributed by atoms with Crippen molar-refractivity contribution in [3.63, 3.8) is 0 Å². The number of nitrogens with one attached hydrogen (secondary N) is 2. The number of hydrogen-bond acceptors (Lipinski definition) is 1. The minimum Gasteiger partial charge on any atom is -0.356 e. The van der Waals surface area contributed by atoms with Gasteiger partial charge < -0.3 is 10.6 Å². The zero-order valence-electron chi connectivity index (χ0n) is 12.5. The third kappa shape index (κ3) is 3.24. The van der Waals surface area contributed by atoms with Gasteiger partial charge in [-0.25, -0.2) is 0 Å². The molecule has 0 aromatic heterocycles. The fourth-order valence-corrected chi connectivity index (χ4v) is 3.64. The summed E-state index contributed by atoms with van der Waals surface area (Å²) < 4.78 is 0. The molecule has 3 aliphatic carbocycles. The maximum absolute atomic E-state index is 4.41. The molecule has 0 unspecified atom stereocenters. The smallest absolute Gasteiger partial charge is 0.191 e. The van der Waals surface area contributed by atoms with Gasteiger partial charge >= 0.3 is 0 Å². The summed E-state index contributed by atoms with van der Waals surface area (Å²) in [4.78, 5) is 4.41. The Labute approximate surface area is 117 Å². The molecule has 3 aliphatic rings.